The molecule has 0 fully saturated rings. The van der Waals surface area contributed by atoms with Crippen molar-refractivity contribution in [3.05, 3.63) is 60.2 Å². The van der Waals surface area contributed by atoms with E-state index in [-0.39, 0.29) is 0 Å². The van der Waals surface area contributed by atoms with E-state index in [4.69, 9.17) is 5.14 Å². The number of thiazole rings is 1. The molecule has 3 rings (SSSR count). The largest absolute Gasteiger partial charge is 0.272 e. The normalized spacial score (nSPS) is 10.0. The number of para-hydroxylation sites is 1. The highest BCUT2D eigenvalue weighted by atomic mass is 32.2. The van der Waals surface area contributed by atoms with E-state index in [2.05, 4.69) is 36.2 Å². The molecule has 0 aliphatic heterocycles. The fourth-order valence-electron chi connectivity index (χ4n) is 1.62. The third-order valence-corrected chi connectivity index (χ3v) is 4.29. The topological polar surface area (TPSA) is 38.9 Å². The minimum Gasteiger partial charge on any atom is -0.272 e. The SMILES string of the molecule is CCc1ccccc1.NSc1nc2ccccc2s1. The van der Waals surface area contributed by atoms with Gasteiger partial charge in [-0.25, -0.2) is 4.98 Å². The van der Waals surface area contributed by atoms with Crippen LogP contribution in [0.15, 0.2) is 58.9 Å². The summed E-state index contributed by atoms with van der Waals surface area (Å²) in [6.07, 6.45) is 1.14. The van der Waals surface area contributed by atoms with Crippen molar-refractivity contribution in [2.24, 2.45) is 5.14 Å². The van der Waals surface area contributed by atoms with E-state index in [1.165, 1.54) is 22.2 Å². The summed E-state index contributed by atoms with van der Waals surface area (Å²) in [5.74, 6) is 0. The van der Waals surface area contributed by atoms with Gasteiger partial charge in [-0.1, -0.05) is 49.4 Å². The van der Waals surface area contributed by atoms with Gasteiger partial charge < -0.3 is 0 Å². The van der Waals surface area contributed by atoms with Gasteiger partial charge in [0.25, 0.3) is 0 Å². The van der Waals surface area contributed by atoms with E-state index in [1.54, 1.807) is 11.3 Å². The second-order valence-electron chi connectivity index (χ2n) is 3.90. The van der Waals surface area contributed by atoms with Crippen molar-refractivity contribution >= 4 is 33.5 Å². The highest BCUT2D eigenvalue weighted by Gasteiger charge is 1.99. The Balaban J connectivity index is 0.000000148. The highest BCUT2D eigenvalue weighted by molar-refractivity contribution is 7.99. The van der Waals surface area contributed by atoms with Crippen molar-refractivity contribution in [3.8, 4) is 0 Å². The second kappa shape index (κ2) is 7.28. The van der Waals surface area contributed by atoms with Gasteiger partial charge >= 0.3 is 0 Å². The Morgan fingerprint density at radius 3 is 2.32 bits per heavy atom. The van der Waals surface area contributed by atoms with Crippen LogP contribution in [0.3, 0.4) is 0 Å². The Bertz CT molecular complexity index is 587. The van der Waals surface area contributed by atoms with Crippen molar-refractivity contribution in [2.45, 2.75) is 17.7 Å². The summed E-state index contributed by atoms with van der Waals surface area (Å²) in [6, 6.07) is 18.5. The molecule has 0 amide bonds. The average Bonchev–Trinajstić information content (AvgIpc) is 2.92. The summed E-state index contributed by atoms with van der Waals surface area (Å²) in [6.45, 7) is 2.16. The predicted octanol–water partition coefficient (Wildman–Crippen LogP) is 4.51. The molecule has 98 valence electrons. The zero-order chi connectivity index (χ0) is 13.5. The first-order chi connectivity index (χ1) is 9.33. The molecule has 2 N–H and O–H groups in total. The molecule has 2 nitrogen and oxygen atoms in total. The smallest absolute Gasteiger partial charge is 0.165 e. The van der Waals surface area contributed by atoms with Crippen LogP contribution >= 0.6 is 23.3 Å². The Kier molecular flexibility index (Phi) is 5.39. The van der Waals surface area contributed by atoms with Crippen LogP contribution in [0.2, 0.25) is 0 Å². The fraction of sp³-hybridized carbons (Fsp3) is 0.133. The lowest BCUT2D eigenvalue weighted by molar-refractivity contribution is 1.14. The van der Waals surface area contributed by atoms with Crippen molar-refractivity contribution < 1.29 is 0 Å². The molecule has 0 saturated carbocycles. The third kappa shape index (κ3) is 4.06. The summed E-state index contributed by atoms with van der Waals surface area (Å²) in [5, 5.41) is 5.38. The Morgan fingerprint density at radius 1 is 1.05 bits per heavy atom. The van der Waals surface area contributed by atoms with Gasteiger partial charge in [0, 0.05) is 0 Å². The molecule has 1 aromatic heterocycles. The van der Waals surface area contributed by atoms with Crippen LogP contribution in [0, 0.1) is 0 Å². The number of hydrogen-bond acceptors (Lipinski definition) is 4. The number of nitrogens with zero attached hydrogens (tertiary/aromatic N) is 1. The van der Waals surface area contributed by atoms with Gasteiger partial charge in [0.2, 0.25) is 0 Å². The molecule has 1 heterocycles. The number of aryl methyl sites for hydroxylation is 1. The van der Waals surface area contributed by atoms with Crippen molar-refractivity contribution in [3.63, 3.8) is 0 Å². The average molecular weight is 288 g/mol. The molecular weight excluding hydrogens is 272 g/mol. The first kappa shape index (κ1) is 14.1. The van der Waals surface area contributed by atoms with Gasteiger partial charge in [-0.2, -0.15) is 0 Å². The van der Waals surface area contributed by atoms with Gasteiger partial charge in [0.05, 0.1) is 10.2 Å². The second-order valence-corrected chi connectivity index (χ2v) is 5.82. The van der Waals surface area contributed by atoms with E-state index in [1.807, 2.05) is 30.3 Å². The van der Waals surface area contributed by atoms with Crippen LogP contribution in [0.4, 0.5) is 0 Å². The molecular formula is C15H16N2S2. The minimum atomic E-state index is 0.922. The monoisotopic (exact) mass is 288 g/mol. The maximum Gasteiger partial charge on any atom is 0.165 e. The van der Waals surface area contributed by atoms with Crippen LogP contribution in [0.5, 0.6) is 0 Å². The van der Waals surface area contributed by atoms with E-state index in [9.17, 15) is 0 Å². The molecule has 0 atom stereocenters. The van der Waals surface area contributed by atoms with Crippen LogP contribution in [0.1, 0.15) is 12.5 Å². The molecule has 3 aromatic rings. The van der Waals surface area contributed by atoms with Crippen molar-refractivity contribution in [1.82, 2.24) is 4.98 Å². The van der Waals surface area contributed by atoms with Crippen LogP contribution in [0.25, 0.3) is 10.2 Å². The van der Waals surface area contributed by atoms with Crippen LogP contribution < -0.4 is 5.14 Å². The summed E-state index contributed by atoms with van der Waals surface area (Å²) < 4.78 is 2.12. The molecule has 0 spiro atoms. The lowest BCUT2D eigenvalue weighted by Gasteiger charge is -1.89. The Morgan fingerprint density at radius 2 is 1.74 bits per heavy atom. The zero-order valence-electron chi connectivity index (χ0n) is 10.7. The molecule has 0 aliphatic carbocycles. The van der Waals surface area contributed by atoms with Crippen LogP contribution in [-0.2, 0) is 6.42 Å². The van der Waals surface area contributed by atoms with E-state index >= 15 is 0 Å². The molecule has 0 bridgehead atoms. The minimum absolute atomic E-state index is 0.922. The van der Waals surface area contributed by atoms with Gasteiger partial charge in [-0.05, 0) is 36.1 Å². The maximum absolute atomic E-state index is 5.38. The van der Waals surface area contributed by atoms with Gasteiger partial charge in [-0.15, -0.1) is 11.3 Å². The van der Waals surface area contributed by atoms with Crippen LogP contribution in [-0.4, -0.2) is 4.98 Å². The van der Waals surface area contributed by atoms with E-state index in [0.29, 0.717) is 0 Å². The quantitative estimate of drug-likeness (QED) is 0.705. The number of fused-ring (bicyclic) bond motifs is 1. The number of aromatic nitrogens is 1. The molecule has 0 aliphatic rings. The number of nitrogens with two attached hydrogens (primary N) is 1. The predicted molar refractivity (Wildman–Crippen MR) is 85.5 cm³/mol. The van der Waals surface area contributed by atoms with E-state index in [0.717, 1.165) is 16.3 Å². The third-order valence-electron chi connectivity index (χ3n) is 2.63. The van der Waals surface area contributed by atoms with Crippen molar-refractivity contribution in [2.75, 3.05) is 0 Å². The molecule has 0 saturated heterocycles. The first-order valence-electron chi connectivity index (χ1n) is 6.09. The number of rotatable bonds is 2. The molecule has 0 radical (unpaired) electrons. The molecule has 19 heavy (non-hydrogen) atoms. The summed E-state index contributed by atoms with van der Waals surface area (Å²) in [7, 11) is 0. The Labute approximate surface area is 121 Å². The van der Waals surface area contributed by atoms with Gasteiger partial charge in [0.15, 0.2) is 4.34 Å². The number of benzene rings is 2. The summed E-state index contributed by atoms with van der Waals surface area (Å²) in [4.78, 5) is 4.29. The fourth-order valence-corrected chi connectivity index (χ4v) is 2.93. The van der Waals surface area contributed by atoms with Gasteiger partial charge in [0.1, 0.15) is 0 Å². The molecule has 0 unspecified atom stereocenters. The summed E-state index contributed by atoms with van der Waals surface area (Å²) in [5.41, 5.74) is 2.44. The summed E-state index contributed by atoms with van der Waals surface area (Å²) >= 11 is 2.83. The maximum atomic E-state index is 5.38. The lowest BCUT2D eigenvalue weighted by atomic mass is 10.2. The van der Waals surface area contributed by atoms with E-state index < -0.39 is 0 Å². The highest BCUT2D eigenvalue weighted by Crippen LogP contribution is 2.25. The first-order valence-corrected chi connectivity index (χ1v) is 7.79. The molecule has 4 heteroatoms. The standard InChI is InChI=1S/C8H10.C7H6N2S2/c1-2-8-6-4-3-5-7-8;8-11-7-9-5-3-1-2-4-6(5)10-7/h3-7H,2H2,1H3;1-4H,8H2. The van der Waals surface area contributed by atoms with Crippen molar-refractivity contribution in [1.29, 1.82) is 0 Å². The number of hydrogen-bond donors (Lipinski definition) is 1. The molecule has 2 aromatic carbocycles. The van der Waals surface area contributed by atoms with Gasteiger partial charge in [-0.3, -0.25) is 5.14 Å². The lowest BCUT2D eigenvalue weighted by Crippen LogP contribution is -1.75. The Hall–Kier alpha value is -1.36. The zero-order valence-corrected chi connectivity index (χ0v) is 12.4.